The van der Waals surface area contributed by atoms with E-state index in [1.54, 1.807) is 0 Å². The summed E-state index contributed by atoms with van der Waals surface area (Å²) in [7, 11) is 0. The first-order valence-corrected chi connectivity index (χ1v) is 8.00. The van der Waals surface area contributed by atoms with E-state index in [-0.39, 0.29) is 0 Å². The molecule has 1 aromatic carbocycles. The maximum Gasteiger partial charge on any atom is 0.257 e. The van der Waals surface area contributed by atoms with Gasteiger partial charge >= 0.3 is 0 Å². The standard InChI is InChI=1S/C17H23N3O/c18-12-13-7-6-10-15(11-13)17-19-16(20-21-17)14-8-4-2-1-3-5-9-14/h6-7,10-11,14H,1-5,8-9,12,18H2. The number of rotatable bonds is 3. The number of benzene rings is 1. The van der Waals surface area contributed by atoms with E-state index in [1.165, 1.54) is 44.9 Å². The van der Waals surface area contributed by atoms with Crippen molar-refractivity contribution in [1.82, 2.24) is 10.1 Å². The number of aromatic nitrogens is 2. The van der Waals surface area contributed by atoms with Crippen molar-refractivity contribution in [3.8, 4) is 11.5 Å². The molecule has 4 heteroatoms. The molecule has 1 saturated carbocycles. The van der Waals surface area contributed by atoms with Crippen LogP contribution >= 0.6 is 0 Å². The van der Waals surface area contributed by atoms with Crippen LogP contribution in [0.1, 0.15) is 62.3 Å². The van der Waals surface area contributed by atoms with Gasteiger partial charge in [0.15, 0.2) is 5.82 Å². The van der Waals surface area contributed by atoms with Crippen molar-refractivity contribution in [2.45, 2.75) is 57.4 Å². The molecule has 21 heavy (non-hydrogen) atoms. The lowest BCUT2D eigenvalue weighted by Crippen LogP contribution is -2.04. The molecule has 0 spiro atoms. The predicted molar refractivity (Wildman–Crippen MR) is 82.7 cm³/mol. The van der Waals surface area contributed by atoms with Gasteiger partial charge in [0.25, 0.3) is 5.89 Å². The van der Waals surface area contributed by atoms with E-state index in [9.17, 15) is 0 Å². The van der Waals surface area contributed by atoms with E-state index in [2.05, 4.69) is 10.1 Å². The highest BCUT2D eigenvalue weighted by molar-refractivity contribution is 5.54. The fourth-order valence-corrected chi connectivity index (χ4v) is 3.06. The zero-order chi connectivity index (χ0) is 14.5. The summed E-state index contributed by atoms with van der Waals surface area (Å²) < 4.78 is 5.47. The molecule has 0 aliphatic heterocycles. The molecule has 1 fully saturated rings. The molecule has 0 unspecified atom stereocenters. The van der Waals surface area contributed by atoms with Crippen molar-refractivity contribution >= 4 is 0 Å². The number of nitrogens with two attached hydrogens (primary N) is 1. The third kappa shape index (κ3) is 3.50. The lowest BCUT2D eigenvalue weighted by atomic mass is 9.91. The van der Waals surface area contributed by atoms with Gasteiger partial charge in [0, 0.05) is 18.0 Å². The first-order valence-electron chi connectivity index (χ1n) is 8.00. The molecule has 0 atom stereocenters. The van der Waals surface area contributed by atoms with E-state index < -0.39 is 0 Å². The van der Waals surface area contributed by atoms with Crippen molar-refractivity contribution in [1.29, 1.82) is 0 Å². The monoisotopic (exact) mass is 285 g/mol. The zero-order valence-electron chi connectivity index (χ0n) is 12.4. The molecule has 2 N–H and O–H groups in total. The minimum Gasteiger partial charge on any atom is -0.334 e. The van der Waals surface area contributed by atoms with Crippen LogP contribution in [0.25, 0.3) is 11.5 Å². The zero-order valence-corrected chi connectivity index (χ0v) is 12.4. The summed E-state index contributed by atoms with van der Waals surface area (Å²) in [5.74, 6) is 1.95. The summed E-state index contributed by atoms with van der Waals surface area (Å²) in [5.41, 5.74) is 7.73. The lowest BCUT2D eigenvalue weighted by Gasteiger charge is -2.15. The van der Waals surface area contributed by atoms with Crippen molar-refractivity contribution in [3.05, 3.63) is 35.7 Å². The minimum absolute atomic E-state index is 0.459. The molecule has 2 aromatic rings. The van der Waals surface area contributed by atoms with Gasteiger partial charge < -0.3 is 10.3 Å². The lowest BCUT2D eigenvalue weighted by molar-refractivity contribution is 0.393. The third-order valence-corrected chi connectivity index (χ3v) is 4.32. The van der Waals surface area contributed by atoms with Gasteiger partial charge in [-0.15, -0.1) is 0 Å². The molecule has 0 saturated heterocycles. The van der Waals surface area contributed by atoms with Crippen LogP contribution in [0, 0.1) is 0 Å². The molecule has 1 aliphatic carbocycles. The Kier molecular flexibility index (Phi) is 4.65. The Morgan fingerprint density at radius 1 is 1.10 bits per heavy atom. The minimum atomic E-state index is 0.459. The Morgan fingerprint density at radius 3 is 2.62 bits per heavy atom. The van der Waals surface area contributed by atoms with Gasteiger partial charge in [-0.05, 0) is 30.5 Å². The highest BCUT2D eigenvalue weighted by atomic mass is 16.5. The van der Waals surface area contributed by atoms with E-state index in [0.29, 0.717) is 18.4 Å². The summed E-state index contributed by atoms with van der Waals surface area (Å²) in [6.45, 7) is 0.525. The van der Waals surface area contributed by atoms with E-state index >= 15 is 0 Å². The van der Waals surface area contributed by atoms with Gasteiger partial charge in [-0.1, -0.05) is 49.4 Å². The van der Waals surface area contributed by atoms with Crippen molar-refractivity contribution in [3.63, 3.8) is 0 Å². The highest BCUT2D eigenvalue weighted by Gasteiger charge is 2.19. The number of hydrogen-bond donors (Lipinski definition) is 1. The summed E-state index contributed by atoms with van der Waals surface area (Å²) in [6, 6.07) is 8.01. The second-order valence-electron chi connectivity index (χ2n) is 5.90. The van der Waals surface area contributed by atoms with E-state index in [1.807, 2.05) is 24.3 Å². The molecule has 0 radical (unpaired) electrons. The van der Waals surface area contributed by atoms with Crippen LogP contribution in [0.5, 0.6) is 0 Å². The van der Waals surface area contributed by atoms with Crippen LogP contribution < -0.4 is 5.73 Å². The average Bonchev–Trinajstić information content (AvgIpc) is 2.97. The Morgan fingerprint density at radius 2 is 1.86 bits per heavy atom. The third-order valence-electron chi connectivity index (χ3n) is 4.32. The summed E-state index contributed by atoms with van der Waals surface area (Å²) in [6.07, 6.45) is 8.95. The Balaban J connectivity index is 1.78. The summed E-state index contributed by atoms with van der Waals surface area (Å²) in [5, 5.41) is 4.23. The molecular formula is C17H23N3O. The van der Waals surface area contributed by atoms with Crippen molar-refractivity contribution in [2.24, 2.45) is 5.73 Å². The van der Waals surface area contributed by atoms with Crippen LogP contribution in [0.3, 0.4) is 0 Å². The molecule has 0 amide bonds. The molecule has 3 rings (SSSR count). The van der Waals surface area contributed by atoms with Crippen LogP contribution in [0.15, 0.2) is 28.8 Å². The smallest absolute Gasteiger partial charge is 0.257 e. The normalized spacial score (nSPS) is 17.4. The van der Waals surface area contributed by atoms with Crippen LogP contribution in [-0.4, -0.2) is 10.1 Å². The first kappa shape index (κ1) is 14.3. The maximum atomic E-state index is 5.68. The molecule has 1 heterocycles. The Labute approximate surface area is 125 Å². The molecule has 112 valence electrons. The predicted octanol–water partition coefficient (Wildman–Crippen LogP) is 4.02. The maximum absolute atomic E-state index is 5.68. The molecule has 4 nitrogen and oxygen atoms in total. The average molecular weight is 285 g/mol. The second-order valence-corrected chi connectivity index (χ2v) is 5.90. The molecule has 1 aromatic heterocycles. The Hall–Kier alpha value is -1.68. The van der Waals surface area contributed by atoms with Crippen molar-refractivity contribution in [2.75, 3.05) is 0 Å². The summed E-state index contributed by atoms with van der Waals surface area (Å²) in [4.78, 5) is 4.63. The van der Waals surface area contributed by atoms with Gasteiger partial charge in [0.05, 0.1) is 0 Å². The SMILES string of the molecule is NCc1cccc(-c2nc(C3CCCCCCC3)no2)c1. The fourth-order valence-electron chi connectivity index (χ4n) is 3.06. The molecule has 0 bridgehead atoms. The molecular weight excluding hydrogens is 262 g/mol. The second kappa shape index (κ2) is 6.85. The van der Waals surface area contributed by atoms with E-state index in [0.717, 1.165) is 17.0 Å². The van der Waals surface area contributed by atoms with Crippen LogP contribution in [0.4, 0.5) is 0 Å². The number of nitrogens with zero attached hydrogens (tertiary/aromatic N) is 2. The quantitative estimate of drug-likeness (QED) is 0.925. The summed E-state index contributed by atoms with van der Waals surface area (Å²) >= 11 is 0. The largest absolute Gasteiger partial charge is 0.334 e. The van der Waals surface area contributed by atoms with Gasteiger partial charge in [0.1, 0.15) is 0 Å². The topological polar surface area (TPSA) is 64.9 Å². The van der Waals surface area contributed by atoms with Gasteiger partial charge in [-0.3, -0.25) is 0 Å². The first-order chi connectivity index (χ1) is 10.4. The van der Waals surface area contributed by atoms with Crippen LogP contribution in [0.2, 0.25) is 0 Å². The number of hydrogen-bond acceptors (Lipinski definition) is 4. The molecule has 1 aliphatic rings. The van der Waals surface area contributed by atoms with Gasteiger partial charge in [-0.2, -0.15) is 4.98 Å². The van der Waals surface area contributed by atoms with E-state index in [4.69, 9.17) is 10.3 Å². The van der Waals surface area contributed by atoms with Crippen molar-refractivity contribution < 1.29 is 4.52 Å². The van der Waals surface area contributed by atoms with Gasteiger partial charge in [0.2, 0.25) is 0 Å². The van der Waals surface area contributed by atoms with Gasteiger partial charge in [-0.25, -0.2) is 0 Å². The fraction of sp³-hybridized carbons (Fsp3) is 0.529. The highest BCUT2D eigenvalue weighted by Crippen LogP contribution is 2.30. The van der Waals surface area contributed by atoms with Crippen LogP contribution in [-0.2, 0) is 6.54 Å². The Bertz CT molecular complexity index is 571.